The molecule has 4 nitrogen and oxygen atoms in total. The highest BCUT2D eigenvalue weighted by Crippen LogP contribution is 2.24. The molecule has 84 valence electrons. The molecule has 2 amide bonds. The minimum absolute atomic E-state index is 0.138. The molecule has 1 aromatic carbocycles. The molecule has 1 fully saturated rings. The van der Waals surface area contributed by atoms with E-state index >= 15 is 0 Å². The number of hydrogen-bond acceptors (Lipinski definition) is 3. The molecule has 0 saturated carbocycles. The van der Waals surface area contributed by atoms with Crippen molar-refractivity contribution in [3.05, 3.63) is 28.5 Å². The average molecular weight is 288 g/mol. The van der Waals surface area contributed by atoms with Crippen molar-refractivity contribution in [3.8, 4) is 0 Å². The lowest BCUT2D eigenvalue weighted by Gasteiger charge is -2.24. The molecular weight excluding hydrogens is 281 g/mol. The van der Waals surface area contributed by atoms with E-state index in [1.807, 2.05) is 0 Å². The van der Waals surface area contributed by atoms with E-state index in [0.717, 1.165) is 4.90 Å². The molecule has 16 heavy (non-hydrogen) atoms. The van der Waals surface area contributed by atoms with Crippen molar-refractivity contribution in [1.82, 2.24) is 0 Å². The highest BCUT2D eigenvalue weighted by molar-refractivity contribution is 9.10. The van der Waals surface area contributed by atoms with Crippen LogP contribution in [0.4, 0.5) is 10.1 Å². The van der Waals surface area contributed by atoms with Crippen molar-refractivity contribution in [2.24, 2.45) is 0 Å². The minimum atomic E-state index is -0.449. The van der Waals surface area contributed by atoms with Crippen LogP contribution in [-0.2, 0) is 14.3 Å². The smallest absolute Gasteiger partial charge is 0.259 e. The van der Waals surface area contributed by atoms with Gasteiger partial charge in [0.25, 0.3) is 11.8 Å². The quantitative estimate of drug-likeness (QED) is 0.735. The summed E-state index contributed by atoms with van der Waals surface area (Å²) in [6, 6.07) is 3.95. The van der Waals surface area contributed by atoms with Gasteiger partial charge in [0.05, 0.1) is 10.2 Å². The summed E-state index contributed by atoms with van der Waals surface area (Å²) in [6.07, 6.45) is 0. The summed E-state index contributed by atoms with van der Waals surface area (Å²) >= 11 is 3.00. The predicted molar refractivity (Wildman–Crippen MR) is 57.4 cm³/mol. The molecule has 0 N–H and O–H groups in total. The Bertz CT molecular complexity index is 447. The second kappa shape index (κ2) is 4.31. The van der Waals surface area contributed by atoms with Gasteiger partial charge in [-0.25, -0.2) is 9.29 Å². The second-order valence-electron chi connectivity index (χ2n) is 3.21. The fourth-order valence-corrected chi connectivity index (χ4v) is 1.77. The number of carbonyl (C=O) groups is 2. The molecule has 1 aliphatic rings. The van der Waals surface area contributed by atoms with E-state index in [9.17, 15) is 14.0 Å². The second-order valence-corrected chi connectivity index (χ2v) is 4.07. The number of carbonyl (C=O) groups excluding carboxylic acids is 2. The molecule has 1 saturated heterocycles. The summed E-state index contributed by atoms with van der Waals surface area (Å²) in [4.78, 5) is 23.9. The molecule has 6 heteroatoms. The zero-order valence-electron chi connectivity index (χ0n) is 8.07. The van der Waals surface area contributed by atoms with E-state index < -0.39 is 17.6 Å². The van der Waals surface area contributed by atoms with E-state index in [1.54, 1.807) is 0 Å². The molecule has 0 aliphatic carbocycles. The Kier molecular flexibility index (Phi) is 3.02. The average Bonchev–Trinajstić information content (AvgIpc) is 2.23. The summed E-state index contributed by atoms with van der Waals surface area (Å²) in [6.45, 7) is -0.276. The third-order valence-corrected chi connectivity index (χ3v) is 2.72. The first kappa shape index (κ1) is 11.2. The summed E-state index contributed by atoms with van der Waals surface area (Å²) in [5.41, 5.74) is 0.339. The molecule has 0 aromatic heterocycles. The molecule has 0 atom stereocenters. The molecule has 0 unspecified atom stereocenters. The van der Waals surface area contributed by atoms with Crippen molar-refractivity contribution in [3.63, 3.8) is 0 Å². The fourth-order valence-electron chi connectivity index (χ4n) is 1.41. The summed E-state index contributed by atoms with van der Waals surface area (Å²) in [5, 5.41) is 0. The van der Waals surface area contributed by atoms with Crippen LogP contribution >= 0.6 is 15.9 Å². The van der Waals surface area contributed by atoms with Gasteiger partial charge >= 0.3 is 0 Å². The number of morpholine rings is 1. The van der Waals surface area contributed by atoms with Crippen LogP contribution in [0.3, 0.4) is 0 Å². The number of nitrogens with zero attached hydrogens (tertiary/aromatic N) is 1. The first-order valence-electron chi connectivity index (χ1n) is 4.48. The van der Waals surface area contributed by atoms with Crippen LogP contribution in [0.5, 0.6) is 0 Å². The number of hydrogen-bond donors (Lipinski definition) is 0. The Labute approximate surface area is 99.1 Å². The maximum Gasteiger partial charge on any atom is 0.259 e. The zero-order valence-corrected chi connectivity index (χ0v) is 9.66. The number of rotatable bonds is 1. The summed E-state index contributed by atoms with van der Waals surface area (Å²) < 4.78 is 18.0. The highest BCUT2D eigenvalue weighted by atomic mass is 79.9. The van der Waals surface area contributed by atoms with Gasteiger partial charge in [0, 0.05) is 0 Å². The van der Waals surface area contributed by atoms with Crippen molar-refractivity contribution < 1.29 is 18.7 Å². The van der Waals surface area contributed by atoms with Gasteiger partial charge in [-0.3, -0.25) is 9.59 Å². The first-order chi connectivity index (χ1) is 7.59. The van der Waals surface area contributed by atoms with Gasteiger partial charge in [0.15, 0.2) is 0 Å². The van der Waals surface area contributed by atoms with Crippen LogP contribution in [0.1, 0.15) is 0 Å². The third-order valence-electron chi connectivity index (χ3n) is 2.11. The Morgan fingerprint density at radius 2 is 1.88 bits per heavy atom. The van der Waals surface area contributed by atoms with Crippen molar-refractivity contribution in [1.29, 1.82) is 0 Å². The van der Waals surface area contributed by atoms with Crippen LogP contribution in [0.15, 0.2) is 22.7 Å². The standard InChI is InChI=1S/C10H7BrFNO3/c11-7-3-6(1-2-8(7)12)13-9(14)4-16-5-10(13)15/h1-3H,4-5H2. The normalized spacial score (nSPS) is 16.8. The lowest BCUT2D eigenvalue weighted by Crippen LogP contribution is -2.46. The maximum absolute atomic E-state index is 13.0. The van der Waals surface area contributed by atoms with Crippen LogP contribution in [0, 0.1) is 5.82 Å². The SMILES string of the molecule is O=C1COCC(=O)N1c1ccc(F)c(Br)c1. The van der Waals surface area contributed by atoms with E-state index in [1.165, 1.54) is 18.2 Å². The Balaban J connectivity index is 2.38. The number of imide groups is 1. The van der Waals surface area contributed by atoms with Crippen molar-refractivity contribution >= 4 is 33.4 Å². The van der Waals surface area contributed by atoms with Gasteiger partial charge in [-0.1, -0.05) is 0 Å². The van der Waals surface area contributed by atoms with E-state index in [4.69, 9.17) is 4.74 Å². The largest absolute Gasteiger partial charge is 0.362 e. The predicted octanol–water partition coefficient (Wildman–Crippen LogP) is 1.48. The fraction of sp³-hybridized carbons (Fsp3) is 0.200. The van der Waals surface area contributed by atoms with Gasteiger partial charge in [-0.2, -0.15) is 0 Å². The number of ether oxygens (including phenoxy) is 1. The third kappa shape index (κ3) is 1.98. The Morgan fingerprint density at radius 3 is 2.44 bits per heavy atom. The number of amides is 2. The molecule has 2 rings (SSSR count). The Hall–Kier alpha value is -1.27. The molecule has 1 heterocycles. The molecule has 1 aliphatic heterocycles. The molecular formula is C10H7BrFNO3. The monoisotopic (exact) mass is 287 g/mol. The van der Waals surface area contributed by atoms with Crippen molar-refractivity contribution in [2.75, 3.05) is 18.1 Å². The maximum atomic E-state index is 13.0. The molecule has 1 aromatic rings. The molecule has 0 radical (unpaired) electrons. The van der Waals surface area contributed by atoms with Gasteiger partial charge in [0.2, 0.25) is 0 Å². The van der Waals surface area contributed by atoms with E-state index in [0.29, 0.717) is 5.69 Å². The summed E-state index contributed by atoms with van der Waals surface area (Å²) in [7, 11) is 0. The van der Waals surface area contributed by atoms with Crippen LogP contribution < -0.4 is 4.90 Å². The van der Waals surface area contributed by atoms with Gasteiger partial charge in [0.1, 0.15) is 19.0 Å². The van der Waals surface area contributed by atoms with Crippen LogP contribution in [-0.4, -0.2) is 25.0 Å². The number of benzene rings is 1. The van der Waals surface area contributed by atoms with Gasteiger partial charge < -0.3 is 4.74 Å². The zero-order chi connectivity index (χ0) is 11.7. The first-order valence-corrected chi connectivity index (χ1v) is 5.27. The Morgan fingerprint density at radius 1 is 1.25 bits per heavy atom. The van der Waals surface area contributed by atoms with E-state index in [2.05, 4.69) is 15.9 Å². The summed E-state index contributed by atoms with van der Waals surface area (Å²) in [5.74, 6) is -1.35. The highest BCUT2D eigenvalue weighted by Gasteiger charge is 2.28. The molecule has 0 bridgehead atoms. The minimum Gasteiger partial charge on any atom is -0.362 e. The number of halogens is 2. The van der Waals surface area contributed by atoms with Crippen molar-refractivity contribution in [2.45, 2.75) is 0 Å². The number of anilines is 1. The van der Waals surface area contributed by atoms with Crippen LogP contribution in [0.2, 0.25) is 0 Å². The molecule has 0 spiro atoms. The lowest BCUT2D eigenvalue weighted by atomic mass is 10.2. The van der Waals surface area contributed by atoms with Crippen LogP contribution in [0.25, 0.3) is 0 Å². The van der Waals surface area contributed by atoms with Gasteiger partial charge in [-0.15, -0.1) is 0 Å². The van der Waals surface area contributed by atoms with Gasteiger partial charge in [-0.05, 0) is 34.1 Å². The van der Waals surface area contributed by atoms with E-state index in [-0.39, 0.29) is 17.7 Å². The lowest BCUT2D eigenvalue weighted by molar-refractivity contribution is -0.138. The topological polar surface area (TPSA) is 46.6 Å².